The normalized spacial score (nSPS) is 15.6. The summed E-state index contributed by atoms with van der Waals surface area (Å²) in [6.45, 7) is 5.42. The lowest BCUT2D eigenvalue weighted by atomic mass is 10.1. The third-order valence-electron chi connectivity index (χ3n) is 1.82. The number of ether oxygens (including phenoxy) is 1. The van der Waals surface area contributed by atoms with Crippen molar-refractivity contribution < 1.29 is 9.53 Å². The highest BCUT2D eigenvalue weighted by atomic mass is 35.5. The van der Waals surface area contributed by atoms with E-state index in [-0.39, 0.29) is 6.42 Å². The number of esters is 1. The zero-order chi connectivity index (χ0) is 12.4. The molecule has 0 bridgehead atoms. The zero-order valence-electron chi connectivity index (χ0n) is 9.62. The predicted molar refractivity (Wildman–Crippen MR) is 66.5 cm³/mol. The molecule has 3 nitrogen and oxygen atoms in total. The Morgan fingerprint density at radius 1 is 1.56 bits per heavy atom. The summed E-state index contributed by atoms with van der Waals surface area (Å²) in [6, 6.07) is 1.81. The minimum atomic E-state index is -1.18. The van der Waals surface area contributed by atoms with E-state index in [2.05, 4.69) is 0 Å². The van der Waals surface area contributed by atoms with E-state index in [4.69, 9.17) is 22.1 Å². The van der Waals surface area contributed by atoms with Crippen LogP contribution in [0.5, 0.6) is 0 Å². The summed E-state index contributed by atoms with van der Waals surface area (Å²) >= 11 is 7.60. The van der Waals surface area contributed by atoms with Crippen LogP contribution < -0.4 is 5.73 Å². The summed E-state index contributed by atoms with van der Waals surface area (Å²) in [6.07, 6.45) is -0.0391. The third-order valence-corrected chi connectivity index (χ3v) is 2.86. The van der Waals surface area contributed by atoms with Crippen molar-refractivity contribution in [3.63, 3.8) is 0 Å². The van der Waals surface area contributed by atoms with E-state index in [1.807, 2.05) is 37.6 Å². The maximum absolute atomic E-state index is 11.6. The first kappa shape index (κ1) is 13.5. The molecule has 0 aromatic carbocycles. The summed E-state index contributed by atoms with van der Waals surface area (Å²) < 4.78 is 5.17. The van der Waals surface area contributed by atoms with Crippen LogP contribution in [0.1, 0.15) is 32.8 Å². The Morgan fingerprint density at radius 3 is 2.62 bits per heavy atom. The molecule has 0 radical (unpaired) electrons. The van der Waals surface area contributed by atoms with Crippen LogP contribution in [0.25, 0.3) is 0 Å². The van der Waals surface area contributed by atoms with Crippen LogP contribution in [0, 0.1) is 0 Å². The van der Waals surface area contributed by atoms with Gasteiger partial charge in [0.15, 0.2) is 0 Å². The molecule has 1 aromatic rings. The Labute approximate surface area is 105 Å². The molecule has 16 heavy (non-hydrogen) atoms. The molecule has 1 atom stereocenters. The number of hydrogen-bond donors (Lipinski definition) is 1. The fraction of sp³-hybridized carbons (Fsp3) is 0.545. The Morgan fingerprint density at radius 2 is 2.19 bits per heavy atom. The van der Waals surface area contributed by atoms with Crippen molar-refractivity contribution in [2.45, 2.75) is 37.8 Å². The van der Waals surface area contributed by atoms with Gasteiger partial charge in [-0.15, -0.1) is 0 Å². The van der Waals surface area contributed by atoms with Crippen molar-refractivity contribution >= 4 is 28.9 Å². The second kappa shape index (κ2) is 4.73. The largest absolute Gasteiger partial charge is 0.460 e. The first-order valence-electron chi connectivity index (χ1n) is 4.93. The molecule has 0 amide bonds. The van der Waals surface area contributed by atoms with Crippen LogP contribution in [-0.2, 0) is 14.5 Å². The van der Waals surface area contributed by atoms with Crippen LogP contribution in [0.3, 0.4) is 0 Å². The molecule has 0 aliphatic carbocycles. The summed E-state index contributed by atoms with van der Waals surface area (Å²) in [5.74, 6) is -0.392. The fourth-order valence-corrected chi connectivity index (χ4v) is 2.22. The Bertz CT molecular complexity index is 355. The smallest absolute Gasteiger partial charge is 0.309 e. The molecule has 2 N–H and O–H groups in total. The van der Waals surface area contributed by atoms with E-state index in [0.717, 1.165) is 5.56 Å². The molecular formula is C11H16ClNO2S. The Kier molecular flexibility index (Phi) is 3.99. The van der Waals surface area contributed by atoms with E-state index >= 15 is 0 Å². The van der Waals surface area contributed by atoms with Gasteiger partial charge >= 0.3 is 5.97 Å². The molecule has 1 heterocycles. The van der Waals surface area contributed by atoms with Gasteiger partial charge in [-0.05, 0) is 43.2 Å². The molecule has 0 aliphatic heterocycles. The average Bonchev–Trinajstić information content (AvgIpc) is 2.49. The molecule has 1 aromatic heterocycles. The Hall–Kier alpha value is -0.580. The van der Waals surface area contributed by atoms with E-state index in [0.29, 0.717) is 0 Å². The number of hydrogen-bond acceptors (Lipinski definition) is 4. The van der Waals surface area contributed by atoms with Gasteiger partial charge in [0, 0.05) is 0 Å². The van der Waals surface area contributed by atoms with Gasteiger partial charge < -0.3 is 10.5 Å². The van der Waals surface area contributed by atoms with Crippen molar-refractivity contribution in [1.29, 1.82) is 0 Å². The number of halogens is 1. The fourth-order valence-electron chi connectivity index (χ4n) is 1.19. The van der Waals surface area contributed by atoms with Gasteiger partial charge in [0.25, 0.3) is 0 Å². The van der Waals surface area contributed by atoms with Gasteiger partial charge in [0.05, 0.1) is 6.42 Å². The van der Waals surface area contributed by atoms with Crippen molar-refractivity contribution in [2.24, 2.45) is 5.73 Å². The lowest BCUT2D eigenvalue weighted by Gasteiger charge is -2.24. The molecule has 0 saturated heterocycles. The highest BCUT2D eigenvalue weighted by Gasteiger charge is 2.30. The van der Waals surface area contributed by atoms with Gasteiger partial charge in [-0.25, -0.2) is 0 Å². The van der Waals surface area contributed by atoms with Gasteiger partial charge in [-0.2, -0.15) is 11.3 Å². The lowest BCUT2D eigenvalue weighted by molar-refractivity contribution is -0.155. The van der Waals surface area contributed by atoms with Crippen LogP contribution in [0.2, 0.25) is 0 Å². The third kappa shape index (κ3) is 4.12. The number of rotatable bonds is 3. The zero-order valence-corrected chi connectivity index (χ0v) is 11.2. The van der Waals surface area contributed by atoms with Gasteiger partial charge in [0.1, 0.15) is 10.6 Å². The average molecular weight is 262 g/mol. The first-order valence-corrected chi connectivity index (χ1v) is 6.25. The highest BCUT2D eigenvalue weighted by molar-refractivity contribution is 7.08. The second-order valence-corrected chi connectivity index (χ2v) is 6.09. The summed E-state index contributed by atoms with van der Waals surface area (Å²) in [4.78, 5) is 10.4. The van der Waals surface area contributed by atoms with E-state index in [1.165, 1.54) is 11.3 Å². The number of carbonyl (C=O) groups is 1. The molecule has 0 saturated carbocycles. The lowest BCUT2D eigenvalue weighted by Crippen LogP contribution is -2.35. The molecule has 0 aliphatic rings. The second-order valence-electron chi connectivity index (χ2n) is 4.64. The highest BCUT2D eigenvalue weighted by Crippen LogP contribution is 2.29. The number of carbonyl (C=O) groups excluding carboxylic acids is 1. The molecule has 1 unspecified atom stereocenters. The minimum absolute atomic E-state index is 0.0391. The maximum Gasteiger partial charge on any atom is 0.309 e. The van der Waals surface area contributed by atoms with E-state index in [9.17, 15) is 4.79 Å². The predicted octanol–water partition coefficient (Wildman–Crippen LogP) is 2.83. The monoisotopic (exact) mass is 261 g/mol. The SMILES string of the molecule is CC(C)(C)OC(=O)CC(N)(Cl)c1ccsc1. The molecule has 0 spiro atoms. The van der Waals surface area contributed by atoms with Crippen molar-refractivity contribution in [3.05, 3.63) is 22.4 Å². The number of thiophene rings is 1. The summed E-state index contributed by atoms with van der Waals surface area (Å²) in [5.41, 5.74) is 6.10. The molecular weight excluding hydrogens is 246 g/mol. The van der Waals surface area contributed by atoms with E-state index < -0.39 is 16.6 Å². The molecule has 90 valence electrons. The summed E-state index contributed by atoms with van der Waals surface area (Å²) in [5, 5.41) is 3.70. The maximum atomic E-state index is 11.6. The van der Waals surface area contributed by atoms with Gasteiger partial charge in [0.2, 0.25) is 0 Å². The van der Waals surface area contributed by atoms with Gasteiger partial charge in [-0.3, -0.25) is 4.79 Å². The van der Waals surface area contributed by atoms with Crippen LogP contribution >= 0.6 is 22.9 Å². The van der Waals surface area contributed by atoms with Crippen LogP contribution in [0.4, 0.5) is 0 Å². The summed E-state index contributed by atoms with van der Waals surface area (Å²) in [7, 11) is 0. The quantitative estimate of drug-likeness (QED) is 0.517. The topological polar surface area (TPSA) is 52.3 Å². The van der Waals surface area contributed by atoms with Crippen molar-refractivity contribution in [3.8, 4) is 0 Å². The van der Waals surface area contributed by atoms with E-state index in [1.54, 1.807) is 0 Å². The molecule has 0 fully saturated rings. The molecule has 1 rings (SSSR count). The number of nitrogens with two attached hydrogens (primary N) is 1. The molecule has 5 heteroatoms. The Balaban J connectivity index is 2.64. The minimum Gasteiger partial charge on any atom is -0.460 e. The van der Waals surface area contributed by atoms with Crippen LogP contribution in [-0.4, -0.2) is 11.6 Å². The first-order chi connectivity index (χ1) is 7.21. The van der Waals surface area contributed by atoms with Crippen LogP contribution in [0.15, 0.2) is 16.8 Å². The van der Waals surface area contributed by atoms with Gasteiger partial charge in [-0.1, -0.05) is 11.6 Å². The standard InChI is InChI=1S/C11H16ClNO2S/c1-10(2,3)15-9(14)6-11(12,13)8-4-5-16-7-8/h4-5,7H,6,13H2,1-3H3. The van der Waals surface area contributed by atoms with Crippen molar-refractivity contribution in [2.75, 3.05) is 0 Å². The number of alkyl halides is 1. The van der Waals surface area contributed by atoms with Crippen molar-refractivity contribution in [1.82, 2.24) is 0 Å².